The SMILES string of the molecule is CC(C)(C)OC(=O)N1CCC(CN2C[C@H](O)[C@@H](O)[C@H](O)[C@H]2CO)CC1.CN(C)C(=O)OCCN1C[C@H](O)[C@@H](O)[C@H](O)[C@H]1CO.O=C(O)CCCCCN1C[C@H](O)[C@@H](O)[C@H](O)[C@H]1CO.OCCN1C[C@H](O)[C@@H](O)[C@H](O)[C@H]1CO. The summed E-state index contributed by atoms with van der Waals surface area (Å²) < 4.78 is 10.3. The maximum absolute atomic E-state index is 12.1. The van der Waals surface area contributed by atoms with Crippen LogP contribution in [-0.4, -0.2) is 362 Å². The van der Waals surface area contributed by atoms with Crippen LogP contribution in [0.25, 0.3) is 0 Å². The average Bonchev–Trinajstić information content (AvgIpc) is 3.36. The number of carbonyl (C=O) groups is 3. The molecule has 5 rings (SSSR count). The molecule has 29 nitrogen and oxygen atoms in total. The molecule has 2 amide bonds. The average molecular weight is 1120 g/mol. The van der Waals surface area contributed by atoms with Gasteiger partial charge in [-0.2, -0.15) is 0 Å². The molecular formula is C48H94N6O23. The monoisotopic (exact) mass is 1120 g/mol. The highest BCUT2D eigenvalue weighted by Gasteiger charge is 2.44. The second kappa shape index (κ2) is 34.5. The summed E-state index contributed by atoms with van der Waals surface area (Å²) in [5.41, 5.74) is -0.511. The highest BCUT2D eigenvalue weighted by molar-refractivity contribution is 5.68. The van der Waals surface area contributed by atoms with E-state index in [1.807, 2.05) is 25.7 Å². The molecule has 5 saturated heterocycles. The molecule has 0 bridgehead atoms. The molecule has 5 aliphatic rings. The number of amides is 2. The molecule has 0 aromatic carbocycles. The summed E-state index contributed by atoms with van der Waals surface area (Å²) in [7, 11) is 3.12. The van der Waals surface area contributed by atoms with Crippen LogP contribution in [0.2, 0.25) is 0 Å². The number of carboxylic acids is 1. The summed E-state index contributed by atoms with van der Waals surface area (Å²) in [6.45, 7) is 7.77. The smallest absolute Gasteiger partial charge is 0.410 e. The van der Waals surface area contributed by atoms with Crippen LogP contribution in [0, 0.1) is 5.92 Å². The van der Waals surface area contributed by atoms with Gasteiger partial charge in [0, 0.05) is 79.4 Å². The molecule has 0 unspecified atom stereocenters. The van der Waals surface area contributed by atoms with E-state index in [1.165, 1.54) is 4.90 Å². The van der Waals surface area contributed by atoms with Gasteiger partial charge in [-0.15, -0.1) is 0 Å². The fourth-order valence-electron chi connectivity index (χ4n) is 9.73. The van der Waals surface area contributed by atoms with Crippen molar-refractivity contribution in [1.29, 1.82) is 0 Å². The maximum atomic E-state index is 12.1. The van der Waals surface area contributed by atoms with Crippen molar-refractivity contribution in [2.75, 3.05) is 119 Å². The summed E-state index contributed by atoms with van der Waals surface area (Å²) in [4.78, 5) is 43.4. The van der Waals surface area contributed by atoms with Gasteiger partial charge in [-0.05, 0) is 58.9 Å². The zero-order chi connectivity index (χ0) is 58.5. The van der Waals surface area contributed by atoms with Gasteiger partial charge in [0.15, 0.2) is 0 Å². The van der Waals surface area contributed by atoms with Crippen molar-refractivity contribution in [2.45, 2.75) is 162 Å². The van der Waals surface area contributed by atoms with E-state index in [0.29, 0.717) is 38.5 Å². The lowest BCUT2D eigenvalue weighted by Gasteiger charge is -2.45. The molecule has 16 atom stereocenters. The lowest BCUT2D eigenvalue weighted by atomic mass is 9.90. The molecule has 0 aromatic heterocycles. The normalized spacial score (nSPS) is 33.8. The minimum atomic E-state index is -1.28. The lowest BCUT2D eigenvalue weighted by molar-refractivity contribution is -0.148. The van der Waals surface area contributed by atoms with E-state index in [0.717, 1.165) is 25.7 Å². The van der Waals surface area contributed by atoms with Crippen molar-refractivity contribution in [3.8, 4) is 0 Å². The number of unbranched alkanes of at least 4 members (excludes halogenated alkanes) is 2. The predicted molar refractivity (Wildman–Crippen MR) is 271 cm³/mol. The van der Waals surface area contributed by atoms with Crippen LogP contribution < -0.4 is 0 Å². The fraction of sp³-hybridized carbons (Fsp3) is 0.938. The van der Waals surface area contributed by atoms with Gasteiger partial charge < -0.3 is 111 Å². The van der Waals surface area contributed by atoms with Crippen molar-refractivity contribution in [2.24, 2.45) is 5.92 Å². The van der Waals surface area contributed by atoms with Crippen molar-refractivity contribution >= 4 is 18.2 Å². The number of aliphatic carboxylic acids is 1. The van der Waals surface area contributed by atoms with E-state index in [1.54, 1.807) is 33.7 Å². The van der Waals surface area contributed by atoms with Crippen molar-refractivity contribution in [3.05, 3.63) is 0 Å². The third-order valence-electron chi connectivity index (χ3n) is 14.3. The highest BCUT2D eigenvalue weighted by Crippen LogP contribution is 2.26. The summed E-state index contributed by atoms with van der Waals surface area (Å²) in [6.07, 6.45) is -11.0. The third-order valence-corrected chi connectivity index (χ3v) is 14.3. The van der Waals surface area contributed by atoms with Crippen LogP contribution in [0.4, 0.5) is 9.59 Å². The topological polar surface area (TPSA) is 453 Å². The summed E-state index contributed by atoms with van der Waals surface area (Å²) in [5, 5.41) is 170. The zero-order valence-electron chi connectivity index (χ0n) is 45.1. The Morgan fingerprint density at radius 3 is 1.26 bits per heavy atom. The lowest BCUT2D eigenvalue weighted by Crippen LogP contribution is -2.63. The Hall–Kier alpha value is -2.83. The molecule has 0 aliphatic carbocycles. The standard InChI is InChI=1S/C17H32N2O6.C12H23NO6.C11H22N2O6.C8H17NO5/c1-17(2,3)25-16(24)18-6-4-11(5-7-18)8-19-9-13(21)15(23)14(22)12(19)10-20;14-7-8-11(18)12(19)9(15)6-13(8)5-3-1-2-4-10(16)17;1-12(2)11(18)19-4-3-13-5-8(15)10(17)9(16)7(13)6-14;10-2-1-9-3-6(12)8(14)7(13)5(9)4-11/h11-15,20-23H,4-10H2,1-3H3;8-9,11-12,14-15,18-19H,1-7H2,(H,16,17);7-10,14-17H,3-6H2,1-2H3;5-8,10-14H,1-4H2/t12-,13+,14-,15-;8-,9+,11-,12-;7-,8+,9-,10-;5-,6+,7-,8-/m1111/s1. The molecule has 18 N–H and O–H groups in total. The third kappa shape index (κ3) is 22.2. The number of nitrogens with zero attached hydrogens (tertiary/aromatic N) is 6. The number of piperidine rings is 5. The van der Waals surface area contributed by atoms with Crippen molar-refractivity contribution in [3.63, 3.8) is 0 Å². The van der Waals surface area contributed by atoms with Crippen molar-refractivity contribution in [1.82, 2.24) is 29.4 Å². The van der Waals surface area contributed by atoms with E-state index in [2.05, 4.69) is 0 Å². The van der Waals surface area contributed by atoms with Crippen LogP contribution in [0.3, 0.4) is 0 Å². The summed E-state index contributed by atoms with van der Waals surface area (Å²) in [6, 6.07) is -2.47. The van der Waals surface area contributed by atoms with E-state index >= 15 is 0 Å². The molecule has 5 aliphatic heterocycles. The Kier molecular flexibility index (Phi) is 31.4. The van der Waals surface area contributed by atoms with E-state index in [4.69, 9.17) is 24.8 Å². The number of β-amino-alcohol motifs (C(OH)–C–C–N with tert-alkyl or cyclic N) is 5. The first-order valence-electron chi connectivity index (χ1n) is 26.3. The van der Waals surface area contributed by atoms with E-state index in [9.17, 15) is 91.0 Å². The van der Waals surface area contributed by atoms with Crippen LogP contribution in [0.15, 0.2) is 0 Å². The second-order valence-electron chi connectivity index (χ2n) is 21.5. The van der Waals surface area contributed by atoms with Gasteiger partial charge >= 0.3 is 18.2 Å². The van der Waals surface area contributed by atoms with E-state index in [-0.39, 0.29) is 91.4 Å². The Morgan fingerprint density at radius 2 is 0.896 bits per heavy atom. The number of carbonyl (C=O) groups excluding carboxylic acids is 2. The Morgan fingerprint density at radius 1 is 0.519 bits per heavy atom. The van der Waals surface area contributed by atoms with Crippen LogP contribution >= 0.6 is 0 Å². The number of hydrogen-bond acceptors (Lipinski definition) is 26. The molecule has 0 saturated carbocycles. The van der Waals surface area contributed by atoms with Crippen LogP contribution in [0.5, 0.6) is 0 Å². The Bertz CT molecular complexity index is 1670. The van der Waals surface area contributed by atoms with Gasteiger partial charge in [-0.3, -0.25) is 24.4 Å². The van der Waals surface area contributed by atoms with Gasteiger partial charge in [0.05, 0.1) is 81.6 Å². The molecule has 0 spiro atoms. The zero-order valence-corrected chi connectivity index (χ0v) is 45.1. The largest absolute Gasteiger partial charge is 0.481 e. The number of likely N-dealkylation sites (tertiary alicyclic amines) is 5. The molecule has 5 heterocycles. The summed E-state index contributed by atoms with van der Waals surface area (Å²) in [5.74, 6) is -0.525. The Labute approximate surface area is 449 Å². The van der Waals surface area contributed by atoms with Gasteiger partial charge in [-0.1, -0.05) is 6.42 Å². The summed E-state index contributed by atoms with van der Waals surface area (Å²) >= 11 is 0. The first-order chi connectivity index (χ1) is 36.1. The Balaban J connectivity index is 0.000000358. The van der Waals surface area contributed by atoms with Gasteiger partial charge in [-0.25, -0.2) is 9.59 Å². The number of ether oxygens (including phenoxy) is 2. The first-order valence-corrected chi connectivity index (χ1v) is 26.3. The van der Waals surface area contributed by atoms with Gasteiger partial charge in [0.25, 0.3) is 0 Å². The molecule has 77 heavy (non-hydrogen) atoms. The number of aliphatic hydroxyl groups is 17. The number of hydrogen-bond donors (Lipinski definition) is 18. The molecule has 0 aromatic rings. The predicted octanol–water partition coefficient (Wildman–Crippen LogP) is -8.04. The number of rotatable bonds is 17. The quantitative estimate of drug-likeness (QED) is 0.0602. The van der Waals surface area contributed by atoms with Crippen molar-refractivity contribution < 1.29 is 116 Å². The van der Waals surface area contributed by atoms with Gasteiger partial charge in [0.1, 0.15) is 61.0 Å². The molecule has 29 heteroatoms. The molecule has 454 valence electrons. The maximum Gasteiger partial charge on any atom is 0.410 e. The highest BCUT2D eigenvalue weighted by atomic mass is 16.6. The molecule has 5 fully saturated rings. The second-order valence-corrected chi connectivity index (χ2v) is 21.5. The fourth-order valence-corrected chi connectivity index (χ4v) is 9.73. The minimum absolute atomic E-state index is 0.0725. The number of carboxylic acid groups (broad SMARTS) is 1. The molecular weight excluding hydrogens is 1030 g/mol. The van der Waals surface area contributed by atoms with Crippen LogP contribution in [-0.2, 0) is 14.3 Å². The molecule has 0 radical (unpaired) electrons. The van der Waals surface area contributed by atoms with E-state index < -0.39 is 115 Å². The first kappa shape index (κ1) is 70.3. The minimum Gasteiger partial charge on any atom is -0.481 e. The van der Waals surface area contributed by atoms with Crippen LogP contribution in [0.1, 0.15) is 59.3 Å². The number of aliphatic hydroxyl groups excluding tert-OH is 17. The van der Waals surface area contributed by atoms with Gasteiger partial charge in [0.2, 0.25) is 0 Å².